The Bertz CT molecular complexity index is 266. The smallest absolute Gasteiger partial charge is 0.307 e. The van der Waals surface area contributed by atoms with E-state index in [2.05, 4.69) is 6.92 Å². The third-order valence-electron chi connectivity index (χ3n) is 4.82. The first kappa shape index (κ1) is 24.4. The molecule has 25 heavy (non-hydrogen) atoms. The van der Waals surface area contributed by atoms with Gasteiger partial charge < -0.3 is 9.47 Å². The molecule has 0 radical (unpaired) electrons. The van der Waals surface area contributed by atoms with Gasteiger partial charge in [-0.3, -0.25) is 4.79 Å². The number of hydrogen-bond acceptors (Lipinski definition) is 3. The molecule has 0 heterocycles. The van der Waals surface area contributed by atoms with E-state index in [4.69, 9.17) is 9.47 Å². The van der Waals surface area contributed by atoms with Crippen LogP contribution in [0.2, 0.25) is 0 Å². The summed E-state index contributed by atoms with van der Waals surface area (Å²) >= 11 is 0. The minimum absolute atomic E-state index is 0.0811. The molecular weight excluding hydrogens is 312 g/mol. The summed E-state index contributed by atoms with van der Waals surface area (Å²) in [5.74, 6) is -0.136. The van der Waals surface area contributed by atoms with Crippen molar-refractivity contribution in [2.24, 2.45) is 0 Å². The fourth-order valence-corrected chi connectivity index (χ4v) is 3.19. The zero-order chi connectivity index (χ0) is 18.4. The Labute approximate surface area is 157 Å². The number of esters is 1. The van der Waals surface area contributed by atoms with Gasteiger partial charge in [-0.15, -0.1) is 0 Å². The van der Waals surface area contributed by atoms with Crippen molar-refractivity contribution in [3.8, 4) is 0 Å². The van der Waals surface area contributed by atoms with E-state index < -0.39 is 0 Å². The molecule has 0 N–H and O–H groups in total. The van der Waals surface area contributed by atoms with Gasteiger partial charge in [0.2, 0.25) is 0 Å². The van der Waals surface area contributed by atoms with Crippen LogP contribution in [0.4, 0.5) is 0 Å². The summed E-state index contributed by atoms with van der Waals surface area (Å²) in [5, 5.41) is 0. The number of hydrogen-bond donors (Lipinski definition) is 0. The van der Waals surface area contributed by atoms with Crippen LogP contribution in [0.1, 0.15) is 122 Å². The average molecular weight is 357 g/mol. The molecule has 3 nitrogen and oxygen atoms in total. The Morgan fingerprint density at radius 1 is 0.600 bits per heavy atom. The molecular formula is C22H44O3. The highest BCUT2D eigenvalue weighted by Gasteiger charge is 2.01. The molecule has 0 rings (SSSR count). The van der Waals surface area contributed by atoms with Gasteiger partial charge >= 0.3 is 5.97 Å². The lowest BCUT2D eigenvalue weighted by molar-refractivity contribution is -0.154. The SMILES string of the molecule is CCCCCCCCCCCCCCCCCCCC(=O)OCOC. The standard InChI is InChI=1S/C22H44O3/c1-3-4-5-6-7-8-9-10-11-12-13-14-15-16-17-18-19-20-22(23)25-21-24-2/h3-21H2,1-2H3. The first-order valence-corrected chi connectivity index (χ1v) is 11.0. The largest absolute Gasteiger partial charge is 0.438 e. The van der Waals surface area contributed by atoms with Crippen molar-refractivity contribution in [2.75, 3.05) is 13.9 Å². The van der Waals surface area contributed by atoms with E-state index in [0.29, 0.717) is 6.42 Å². The molecule has 0 atom stereocenters. The predicted octanol–water partition coefficient (Wildman–Crippen LogP) is 7.18. The van der Waals surface area contributed by atoms with E-state index in [9.17, 15) is 4.79 Å². The molecule has 0 saturated heterocycles. The van der Waals surface area contributed by atoms with Crippen LogP contribution in [0.25, 0.3) is 0 Å². The number of unbranched alkanes of at least 4 members (excludes halogenated alkanes) is 16. The van der Waals surface area contributed by atoms with Gasteiger partial charge in [-0.25, -0.2) is 0 Å². The Morgan fingerprint density at radius 3 is 1.32 bits per heavy atom. The highest BCUT2D eigenvalue weighted by molar-refractivity contribution is 5.69. The molecule has 0 fully saturated rings. The number of ether oxygens (including phenoxy) is 2. The van der Waals surface area contributed by atoms with E-state index in [-0.39, 0.29) is 12.8 Å². The van der Waals surface area contributed by atoms with Crippen LogP contribution in [0.5, 0.6) is 0 Å². The van der Waals surface area contributed by atoms with Gasteiger partial charge in [0.15, 0.2) is 6.79 Å². The van der Waals surface area contributed by atoms with E-state index in [1.54, 1.807) is 0 Å². The zero-order valence-corrected chi connectivity index (χ0v) is 17.2. The van der Waals surface area contributed by atoms with Crippen LogP contribution in [0.15, 0.2) is 0 Å². The summed E-state index contributed by atoms with van der Waals surface area (Å²) in [6.45, 7) is 2.36. The van der Waals surface area contributed by atoms with Crippen molar-refractivity contribution in [3.63, 3.8) is 0 Å². The molecule has 0 aromatic carbocycles. The number of carbonyl (C=O) groups is 1. The van der Waals surface area contributed by atoms with E-state index >= 15 is 0 Å². The topological polar surface area (TPSA) is 35.5 Å². The third kappa shape index (κ3) is 21.4. The van der Waals surface area contributed by atoms with Crippen molar-refractivity contribution in [1.29, 1.82) is 0 Å². The van der Waals surface area contributed by atoms with Gasteiger partial charge in [0.25, 0.3) is 0 Å². The Hall–Kier alpha value is -0.570. The summed E-state index contributed by atoms with van der Waals surface area (Å²) in [4.78, 5) is 11.3. The molecule has 0 spiro atoms. The van der Waals surface area contributed by atoms with E-state index in [0.717, 1.165) is 12.8 Å². The number of carbonyl (C=O) groups excluding carboxylic acids is 1. The second-order valence-corrected chi connectivity index (χ2v) is 7.33. The van der Waals surface area contributed by atoms with Gasteiger partial charge in [-0.2, -0.15) is 0 Å². The third-order valence-corrected chi connectivity index (χ3v) is 4.82. The van der Waals surface area contributed by atoms with E-state index in [1.165, 1.54) is 103 Å². The summed E-state index contributed by atoms with van der Waals surface area (Å²) in [7, 11) is 1.53. The minimum atomic E-state index is -0.136. The van der Waals surface area contributed by atoms with E-state index in [1.807, 2.05) is 0 Å². The fraction of sp³-hybridized carbons (Fsp3) is 0.955. The highest BCUT2D eigenvalue weighted by atomic mass is 16.7. The minimum Gasteiger partial charge on any atom is -0.438 e. The predicted molar refractivity (Wildman–Crippen MR) is 107 cm³/mol. The second kappa shape index (κ2) is 21.5. The maximum absolute atomic E-state index is 11.3. The lowest BCUT2D eigenvalue weighted by Crippen LogP contribution is -2.06. The van der Waals surface area contributed by atoms with Crippen molar-refractivity contribution >= 4 is 5.97 Å². The average Bonchev–Trinajstić information content (AvgIpc) is 2.62. The molecule has 0 aliphatic carbocycles. The lowest BCUT2D eigenvalue weighted by atomic mass is 10.0. The molecule has 0 bridgehead atoms. The molecule has 0 unspecified atom stereocenters. The second-order valence-electron chi connectivity index (χ2n) is 7.33. The zero-order valence-electron chi connectivity index (χ0n) is 17.2. The molecule has 0 aliphatic heterocycles. The Kier molecular flexibility index (Phi) is 21.0. The number of rotatable bonds is 20. The van der Waals surface area contributed by atoms with Crippen LogP contribution in [-0.2, 0) is 14.3 Å². The summed E-state index contributed by atoms with van der Waals surface area (Å²) in [5.41, 5.74) is 0. The van der Waals surface area contributed by atoms with Crippen molar-refractivity contribution < 1.29 is 14.3 Å². The van der Waals surface area contributed by atoms with Gasteiger partial charge in [-0.05, 0) is 6.42 Å². The van der Waals surface area contributed by atoms with Gasteiger partial charge in [0, 0.05) is 13.5 Å². The molecule has 0 amide bonds. The summed E-state index contributed by atoms with van der Waals surface area (Å²) in [6.07, 6.45) is 23.6. The lowest BCUT2D eigenvalue weighted by Gasteiger charge is -2.04. The van der Waals surface area contributed by atoms with Crippen LogP contribution in [0, 0.1) is 0 Å². The first-order chi connectivity index (χ1) is 12.3. The Balaban J connectivity index is 3.04. The monoisotopic (exact) mass is 356 g/mol. The fourth-order valence-electron chi connectivity index (χ4n) is 3.19. The summed E-state index contributed by atoms with van der Waals surface area (Å²) < 4.78 is 9.57. The van der Waals surface area contributed by atoms with Gasteiger partial charge in [0.1, 0.15) is 0 Å². The van der Waals surface area contributed by atoms with Gasteiger partial charge in [0.05, 0.1) is 0 Å². The van der Waals surface area contributed by atoms with Crippen LogP contribution in [-0.4, -0.2) is 19.9 Å². The molecule has 0 aliphatic rings. The molecule has 3 heteroatoms. The van der Waals surface area contributed by atoms with Crippen LogP contribution >= 0.6 is 0 Å². The van der Waals surface area contributed by atoms with Crippen molar-refractivity contribution in [3.05, 3.63) is 0 Å². The maximum atomic E-state index is 11.3. The van der Waals surface area contributed by atoms with Crippen molar-refractivity contribution in [2.45, 2.75) is 122 Å². The van der Waals surface area contributed by atoms with Gasteiger partial charge in [-0.1, -0.05) is 110 Å². The van der Waals surface area contributed by atoms with Crippen LogP contribution in [0.3, 0.4) is 0 Å². The first-order valence-electron chi connectivity index (χ1n) is 11.0. The quantitative estimate of drug-likeness (QED) is 0.132. The molecule has 0 aromatic rings. The molecule has 0 saturated carbocycles. The Morgan fingerprint density at radius 2 is 0.960 bits per heavy atom. The van der Waals surface area contributed by atoms with Crippen LogP contribution < -0.4 is 0 Å². The maximum Gasteiger partial charge on any atom is 0.307 e. The normalized spacial score (nSPS) is 11.0. The van der Waals surface area contributed by atoms with Crippen molar-refractivity contribution in [1.82, 2.24) is 0 Å². The molecule has 0 aromatic heterocycles. The highest BCUT2D eigenvalue weighted by Crippen LogP contribution is 2.14. The summed E-state index contributed by atoms with van der Waals surface area (Å²) in [6, 6.07) is 0. The molecule has 150 valence electrons. The number of methoxy groups -OCH3 is 1.